The van der Waals surface area contributed by atoms with Crippen molar-refractivity contribution in [2.75, 3.05) is 32.1 Å². The molecule has 10 aliphatic rings. The first-order valence-electron chi connectivity index (χ1n) is 39.2. The number of imide groups is 1. The van der Waals surface area contributed by atoms with E-state index in [4.69, 9.17) is 41.0 Å². The number of aromatic hydroxyl groups is 2. The quantitative estimate of drug-likeness (QED) is 0.0545. The number of aryl methyl sites for hydroxylation is 2. The van der Waals surface area contributed by atoms with Crippen molar-refractivity contribution in [3.63, 3.8) is 0 Å². The van der Waals surface area contributed by atoms with E-state index in [1.165, 1.54) is 112 Å². The molecule has 4 aliphatic carbocycles. The number of aliphatic hydroxyl groups excluding tert-OH is 5. The minimum atomic E-state index is -2.32. The van der Waals surface area contributed by atoms with Gasteiger partial charge in [-0.05, 0) is 225 Å². The first kappa shape index (κ1) is 84.7. The molecule has 0 spiro atoms. The zero-order valence-corrected chi connectivity index (χ0v) is 66.1. The first-order chi connectivity index (χ1) is 56.3. The summed E-state index contributed by atoms with van der Waals surface area (Å²) in [5, 5.41) is 112. The Morgan fingerprint density at radius 2 is 1.30 bits per heavy atom. The van der Waals surface area contributed by atoms with E-state index in [2.05, 4.69) is 58.5 Å². The van der Waals surface area contributed by atoms with Gasteiger partial charge in [-0.2, -0.15) is 0 Å². The van der Waals surface area contributed by atoms with E-state index in [1.807, 2.05) is 13.8 Å². The second kappa shape index (κ2) is 35.9. The van der Waals surface area contributed by atoms with Gasteiger partial charge in [0.25, 0.3) is 0 Å². The van der Waals surface area contributed by atoms with Crippen LogP contribution in [-0.4, -0.2) is 183 Å². The number of anilines is 1. The third-order valence-corrected chi connectivity index (χ3v) is 23.1. The van der Waals surface area contributed by atoms with Crippen molar-refractivity contribution in [3.8, 4) is 57.1 Å². The van der Waals surface area contributed by atoms with E-state index in [-0.39, 0.29) is 115 Å². The number of hydrogen-bond donors (Lipinski definition) is 19. The molecule has 15 bridgehead atoms. The number of benzene rings is 6. The van der Waals surface area contributed by atoms with Crippen molar-refractivity contribution in [1.82, 2.24) is 53.2 Å². The van der Waals surface area contributed by atoms with Gasteiger partial charge in [0, 0.05) is 37.3 Å². The van der Waals surface area contributed by atoms with Crippen LogP contribution in [-0.2, 0) is 47.9 Å². The van der Waals surface area contributed by atoms with Gasteiger partial charge in [0.15, 0.2) is 11.5 Å². The van der Waals surface area contributed by atoms with Gasteiger partial charge in [-0.15, -0.1) is 0 Å². The summed E-state index contributed by atoms with van der Waals surface area (Å²) in [6, 6.07) is 7.10. The molecule has 628 valence electrons. The van der Waals surface area contributed by atoms with Crippen molar-refractivity contribution >= 4 is 76.5 Å². The maximum atomic E-state index is 16.5. The van der Waals surface area contributed by atoms with Crippen molar-refractivity contribution < 1.29 is 107 Å². The van der Waals surface area contributed by atoms with Gasteiger partial charge in [0.05, 0.1) is 24.1 Å². The molecule has 6 heterocycles. The van der Waals surface area contributed by atoms with Crippen LogP contribution < -0.4 is 83.2 Å². The lowest BCUT2D eigenvalue weighted by molar-refractivity contribution is -0.270. The number of aliphatic hydroxyl groups is 5. The fourth-order valence-electron chi connectivity index (χ4n) is 17.1. The third-order valence-electron chi connectivity index (χ3n) is 22.8. The van der Waals surface area contributed by atoms with Crippen molar-refractivity contribution in [2.45, 2.75) is 177 Å². The van der Waals surface area contributed by atoms with Crippen LogP contribution in [0.1, 0.15) is 141 Å². The van der Waals surface area contributed by atoms with Crippen LogP contribution in [0.4, 0.5) is 10.5 Å². The van der Waals surface area contributed by atoms with E-state index in [0.29, 0.717) is 30.6 Å². The molecule has 6 aromatic carbocycles. The van der Waals surface area contributed by atoms with Crippen molar-refractivity contribution in [2.24, 2.45) is 35.3 Å². The Bertz CT molecular complexity index is 4850. The molecule has 118 heavy (non-hydrogen) atoms. The zero-order chi connectivity index (χ0) is 84.4. The molecule has 34 nitrogen and oxygen atoms in total. The normalized spacial score (nSPS) is 27.4. The summed E-state index contributed by atoms with van der Waals surface area (Å²) in [7, 11) is 1.50. The molecule has 4 saturated carbocycles. The second-order valence-corrected chi connectivity index (χ2v) is 32.1. The summed E-state index contributed by atoms with van der Waals surface area (Å²) < 4.78 is 31.7. The Balaban J connectivity index is 0.968. The number of rotatable bonds is 18. The van der Waals surface area contributed by atoms with Gasteiger partial charge in [0.2, 0.25) is 65.2 Å². The summed E-state index contributed by atoms with van der Waals surface area (Å²) in [6.07, 6.45) is -9.24. The van der Waals surface area contributed by atoms with Crippen LogP contribution in [0.3, 0.4) is 0 Å². The van der Waals surface area contributed by atoms with Gasteiger partial charge in [-0.1, -0.05) is 43.6 Å². The van der Waals surface area contributed by atoms with Gasteiger partial charge in [-0.25, -0.2) is 4.79 Å². The molecule has 35 heteroatoms. The minimum Gasteiger partial charge on any atom is -0.508 e. The van der Waals surface area contributed by atoms with E-state index in [1.54, 1.807) is 6.92 Å². The second-order valence-electron chi connectivity index (χ2n) is 31.7. The number of phenols is 2. The standard InChI is InChI=1S/C83H97ClN12O22/c1-35(2)20-53(86-6)75(106)95-67-69(101)42-9-16-56(36(3)21-42)115-58-30-46-31-59(74(58)118-82-73(105)72(104)71(103)60(34-85)117-82)116-57-17-10-43(29-52(57)84)70(102)68-81(112)94-66(79(110)91-63-44-24-39-23-40(26-44)27-45(63)25-39)51-32-48(98)22-37(4)62(51)50-28-41(8-15-55(50)99)64(77(108)96-68)93-78(109)65(46)92-76(107)54(89-80(67)111)33-61(100)90-83(113)88-47-11-13-49(14-12-47)114-19-7-18-87-38(5)97/h8-17,21-22,28-32,35,39-40,44-45,53-54,60,63-73,82,86,98-99,101-105H,7,18-20,23-27,33-34,85H2,1-6H3,(H,87,97)(H,89,111)(H,91,110)(H,92,107)(H,93,109)(H,94,112)(H,95,106)(H,96,108)(H2,88,90,100,113)/t39?,40?,44?,45?,53-,54+,60-,63?,64-,65-,66+,67-,68+,69-,70-,71-,72+,73-,82+/m1/s1. The van der Waals surface area contributed by atoms with Crippen LogP contribution in [0.25, 0.3) is 11.1 Å². The van der Waals surface area contributed by atoms with Gasteiger partial charge in [-0.3, -0.25) is 48.5 Å². The molecular formula is C83H97ClN12O22. The fraction of sp³-hybridized carbons (Fsp3) is 0.446. The number of nitrogens with two attached hydrogens (primary N) is 1. The van der Waals surface area contributed by atoms with Crippen LogP contribution in [0.5, 0.6) is 46.0 Å². The summed E-state index contributed by atoms with van der Waals surface area (Å²) in [5.41, 5.74) is 5.74. The first-order valence-corrected chi connectivity index (χ1v) is 39.6. The maximum absolute atomic E-state index is 16.5. The number of halogens is 1. The SMILES string of the molecule is CN[C@H](CC(C)C)C(=O)N[C@H]1C(=O)N[C@@H](CC(=O)NC(=O)Nc2ccc(OCCCNC(C)=O)cc2)C(=O)N[C@H]2C(=O)N[C@H]3C(=O)N[C@H](C(=O)N[C@H](C(=O)NC4C5CC6CC(C5)CC4C6)c4cc(O)cc(C)c4-c4cc3ccc4O)[C@H](O)c3ccc(c(Cl)c3)Oc3cc2cc(c3O[C@@H]2O[C@H](CN)[C@@H](O)[C@H](O)[C@H]2O)Oc2ccc(cc2C)[C@H]1O. The van der Waals surface area contributed by atoms with Crippen LogP contribution >= 0.6 is 11.6 Å². The number of urea groups is 1. The number of amides is 11. The molecule has 20 N–H and O–H groups in total. The van der Waals surface area contributed by atoms with Crippen LogP contribution in [0.2, 0.25) is 5.02 Å². The lowest BCUT2D eigenvalue weighted by atomic mass is 9.54. The minimum absolute atomic E-state index is 0.0390. The number of fused-ring (bicyclic) bond motifs is 15. The molecule has 16 rings (SSSR count). The largest absolute Gasteiger partial charge is 0.508 e. The van der Waals surface area contributed by atoms with Crippen LogP contribution in [0.15, 0.2) is 103 Å². The molecular weight excluding hydrogens is 1550 g/mol. The average molecular weight is 1650 g/mol. The molecule has 0 unspecified atom stereocenters. The maximum Gasteiger partial charge on any atom is 0.325 e. The Kier molecular flexibility index (Phi) is 25.8. The van der Waals surface area contributed by atoms with Crippen molar-refractivity contribution in [1.29, 1.82) is 0 Å². The van der Waals surface area contributed by atoms with Crippen molar-refractivity contribution in [3.05, 3.63) is 147 Å². The van der Waals surface area contributed by atoms with Gasteiger partial charge >= 0.3 is 6.03 Å². The van der Waals surface area contributed by atoms with Gasteiger partial charge < -0.3 is 118 Å². The summed E-state index contributed by atoms with van der Waals surface area (Å²) >= 11 is 7.21. The number of phenolic OH excluding ortho intramolecular Hbond substituents is 2. The number of carbonyl (C=O) groups excluding carboxylic acids is 10. The lowest BCUT2D eigenvalue weighted by Crippen LogP contribution is -2.60. The van der Waals surface area contributed by atoms with E-state index in [9.17, 15) is 54.9 Å². The smallest absolute Gasteiger partial charge is 0.325 e. The van der Waals surface area contributed by atoms with Gasteiger partial charge in [0.1, 0.15) is 102 Å². The van der Waals surface area contributed by atoms with E-state index in [0.717, 1.165) is 44.2 Å². The molecule has 5 fully saturated rings. The topological polar surface area (TPSA) is 517 Å². The predicted molar refractivity (Wildman–Crippen MR) is 422 cm³/mol. The molecule has 6 aliphatic heterocycles. The highest BCUT2D eigenvalue weighted by Crippen LogP contribution is 2.55. The molecule has 0 aromatic heterocycles. The predicted octanol–water partition coefficient (Wildman–Crippen LogP) is 3.72. The van der Waals surface area contributed by atoms with E-state index < -0.39 is 180 Å². The monoisotopic (exact) mass is 1650 g/mol. The Hall–Kier alpha value is -11.2. The molecule has 11 amide bonds. The molecule has 6 aromatic rings. The lowest BCUT2D eigenvalue weighted by Gasteiger charge is -2.54. The third kappa shape index (κ3) is 18.7. The number of nitrogens with one attached hydrogen (secondary N) is 11. The number of carbonyl (C=O) groups is 10. The van der Waals surface area contributed by atoms with E-state index >= 15 is 28.8 Å². The highest BCUT2D eigenvalue weighted by atomic mass is 35.5. The zero-order valence-electron chi connectivity index (χ0n) is 65.3. The summed E-state index contributed by atoms with van der Waals surface area (Å²) in [6.45, 7) is 8.28. The summed E-state index contributed by atoms with van der Waals surface area (Å²) in [5.74, 6) is -10.9. The molecule has 1 saturated heterocycles. The molecule has 0 radical (unpaired) electrons. The Labute approximate surface area is 682 Å². The molecule has 14 atom stereocenters. The Morgan fingerprint density at radius 1 is 0.653 bits per heavy atom. The van der Waals surface area contributed by atoms with Crippen LogP contribution in [0, 0.1) is 43.4 Å². The fourth-order valence-corrected chi connectivity index (χ4v) is 17.3. The highest BCUT2D eigenvalue weighted by Gasteiger charge is 2.51. The number of hydrogen-bond acceptors (Lipinski definition) is 24. The average Bonchev–Trinajstić information content (AvgIpc) is 0.743. The number of likely N-dealkylation sites (N-methyl/N-ethyl adjacent to an activating group) is 1. The Morgan fingerprint density at radius 3 is 1.95 bits per heavy atom. The summed E-state index contributed by atoms with van der Waals surface area (Å²) in [4.78, 5) is 149. The number of ether oxygens (including phenoxy) is 5. The highest BCUT2D eigenvalue weighted by molar-refractivity contribution is 6.32.